The molecule has 0 amide bonds. The predicted octanol–water partition coefficient (Wildman–Crippen LogP) is 1.79. The molecule has 0 aliphatic carbocycles. The molecule has 0 radical (unpaired) electrons. The fraction of sp³-hybridized carbons (Fsp3) is 0.500. The van der Waals surface area contributed by atoms with Crippen LogP contribution in [0.2, 0.25) is 0 Å². The summed E-state index contributed by atoms with van der Waals surface area (Å²) in [6.07, 6.45) is 2.91. The van der Waals surface area contributed by atoms with Crippen molar-refractivity contribution in [1.82, 2.24) is 14.6 Å². The highest BCUT2D eigenvalue weighted by Crippen LogP contribution is 2.26. The van der Waals surface area contributed by atoms with Crippen LogP contribution in [0.3, 0.4) is 0 Å². The summed E-state index contributed by atoms with van der Waals surface area (Å²) in [6.45, 7) is 2.53. The summed E-state index contributed by atoms with van der Waals surface area (Å²) in [5.41, 5.74) is 1.02. The number of rotatable bonds is 2. The molecule has 6 nitrogen and oxygen atoms in total. The van der Waals surface area contributed by atoms with Crippen molar-refractivity contribution in [3.05, 3.63) is 18.2 Å². The molecule has 1 aromatic heterocycles. The van der Waals surface area contributed by atoms with E-state index < -0.39 is 10.0 Å². The number of fused-ring (bicyclic) bond motifs is 1. The van der Waals surface area contributed by atoms with Crippen molar-refractivity contribution in [2.45, 2.75) is 37.1 Å². The Kier molecular flexibility index (Phi) is 3.02. The highest BCUT2D eigenvalue weighted by Gasteiger charge is 2.31. The first-order valence-electron chi connectivity index (χ1n) is 6.33. The minimum absolute atomic E-state index is 0.0462. The van der Waals surface area contributed by atoms with Gasteiger partial charge in [-0.3, -0.25) is 0 Å². The zero-order valence-electron chi connectivity index (χ0n) is 10.6. The molecule has 1 aromatic carbocycles. The first-order chi connectivity index (χ1) is 9.09. The molecule has 1 aliphatic heterocycles. The summed E-state index contributed by atoms with van der Waals surface area (Å²) in [6, 6.07) is 4.74. The Morgan fingerprint density at radius 1 is 1.26 bits per heavy atom. The van der Waals surface area contributed by atoms with Gasteiger partial charge in [0.1, 0.15) is 11.0 Å². The summed E-state index contributed by atoms with van der Waals surface area (Å²) in [4.78, 5) is 0.254. The smallest absolute Gasteiger partial charge is 0.243 e. The number of aromatic nitrogens is 2. The Balaban J connectivity index is 2.02. The van der Waals surface area contributed by atoms with Crippen molar-refractivity contribution in [1.29, 1.82) is 0 Å². The first-order valence-corrected chi connectivity index (χ1v) is 7.77. The van der Waals surface area contributed by atoms with Crippen LogP contribution in [-0.4, -0.2) is 35.6 Å². The fourth-order valence-corrected chi connectivity index (χ4v) is 4.21. The molecule has 0 bridgehead atoms. The lowest BCUT2D eigenvalue weighted by Gasteiger charge is -2.32. The van der Waals surface area contributed by atoms with Gasteiger partial charge in [0.15, 0.2) is 0 Å². The first kappa shape index (κ1) is 12.6. The van der Waals surface area contributed by atoms with Crippen LogP contribution in [0.15, 0.2) is 27.7 Å². The van der Waals surface area contributed by atoms with Crippen molar-refractivity contribution < 1.29 is 13.0 Å². The van der Waals surface area contributed by atoms with E-state index in [0.29, 0.717) is 17.6 Å². The van der Waals surface area contributed by atoms with Gasteiger partial charge < -0.3 is 0 Å². The van der Waals surface area contributed by atoms with Gasteiger partial charge in [-0.25, -0.2) is 13.0 Å². The van der Waals surface area contributed by atoms with Crippen LogP contribution in [0, 0.1) is 0 Å². The second-order valence-electron chi connectivity index (χ2n) is 4.88. The molecule has 0 N–H and O–H groups in total. The van der Waals surface area contributed by atoms with Crippen molar-refractivity contribution in [3.63, 3.8) is 0 Å². The van der Waals surface area contributed by atoms with E-state index in [1.54, 1.807) is 16.4 Å². The van der Waals surface area contributed by atoms with E-state index in [1.165, 1.54) is 6.07 Å². The summed E-state index contributed by atoms with van der Waals surface area (Å²) in [7, 11) is -3.46. The van der Waals surface area contributed by atoms with E-state index >= 15 is 0 Å². The molecule has 2 heterocycles. The average molecular weight is 281 g/mol. The van der Waals surface area contributed by atoms with Crippen molar-refractivity contribution >= 4 is 21.1 Å². The Hall–Kier alpha value is -1.47. The molecule has 102 valence electrons. The lowest BCUT2D eigenvalue weighted by atomic mass is 10.1. The quantitative estimate of drug-likeness (QED) is 0.838. The van der Waals surface area contributed by atoms with E-state index in [-0.39, 0.29) is 10.9 Å². The maximum atomic E-state index is 12.6. The van der Waals surface area contributed by atoms with E-state index in [1.807, 2.05) is 6.92 Å². The predicted molar refractivity (Wildman–Crippen MR) is 69.0 cm³/mol. The van der Waals surface area contributed by atoms with E-state index in [4.69, 9.17) is 0 Å². The maximum Gasteiger partial charge on any atom is 0.243 e. The molecule has 3 rings (SSSR count). The molecule has 1 fully saturated rings. The molecule has 7 heteroatoms. The van der Waals surface area contributed by atoms with E-state index in [9.17, 15) is 8.42 Å². The number of benzene rings is 1. The summed E-state index contributed by atoms with van der Waals surface area (Å²) < 4.78 is 31.4. The second-order valence-corrected chi connectivity index (χ2v) is 6.77. The van der Waals surface area contributed by atoms with Gasteiger partial charge in [0.2, 0.25) is 10.0 Å². The minimum Gasteiger partial charge on any atom is -0.243 e. The fourth-order valence-electron chi connectivity index (χ4n) is 2.49. The van der Waals surface area contributed by atoms with Crippen LogP contribution in [-0.2, 0) is 10.0 Å². The molecular weight excluding hydrogens is 266 g/mol. The lowest BCUT2D eigenvalue weighted by molar-refractivity contribution is 0.268. The molecule has 19 heavy (non-hydrogen) atoms. The number of sulfonamides is 1. The Morgan fingerprint density at radius 3 is 2.84 bits per heavy atom. The zero-order valence-corrected chi connectivity index (χ0v) is 11.4. The number of hydrogen-bond acceptors (Lipinski definition) is 5. The highest BCUT2D eigenvalue weighted by molar-refractivity contribution is 7.89. The highest BCUT2D eigenvalue weighted by atomic mass is 32.2. The molecule has 1 aliphatic rings. The van der Waals surface area contributed by atoms with Gasteiger partial charge in [-0.2, -0.15) is 4.31 Å². The summed E-state index contributed by atoms with van der Waals surface area (Å²) in [5, 5.41) is 7.36. The topological polar surface area (TPSA) is 76.3 Å². The zero-order chi connectivity index (χ0) is 13.5. The SMILES string of the molecule is CC1CCCCN1S(=O)(=O)c1ccc2nonc2c1. The molecule has 1 saturated heterocycles. The lowest BCUT2D eigenvalue weighted by Crippen LogP contribution is -2.41. The van der Waals surface area contributed by atoms with Crippen LogP contribution < -0.4 is 0 Å². The third-order valence-electron chi connectivity index (χ3n) is 3.57. The van der Waals surface area contributed by atoms with E-state index in [0.717, 1.165) is 19.3 Å². The van der Waals surface area contributed by atoms with Gasteiger partial charge in [-0.05, 0) is 48.3 Å². The van der Waals surface area contributed by atoms with Gasteiger partial charge in [-0.1, -0.05) is 6.42 Å². The number of nitrogens with zero attached hydrogens (tertiary/aromatic N) is 3. The minimum atomic E-state index is -3.46. The standard InChI is InChI=1S/C12H15N3O3S/c1-9-4-2-3-7-15(9)19(16,17)10-5-6-11-12(8-10)14-18-13-11/h5-6,8-9H,2-4,7H2,1H3. The molecule has 0 saturated carbocycles. The monoisotopic (exact) mass is 281 g/mol. The normalized spacial score (nSPS) is 21.8. The third kappa shape index (κ3) is 2.12. The van der Waals surface area contributed by atoms with Gasteiger partial charge in [0, 0.05) is 12.6 Å². The van der Waals surface area contributed by atoms with Crippen molar-refractivity contribution in [2.75, 3.05) is 6.54 Å². The Labute approximate surface area is 111 Å². The van der Waals surface area contributed by atoms with Crippen molar-refractivity contribution in [3.8, 4) is 0 Å². The second kappa shape index (κ2) is 4.57. The molecule has 0 spiro atoms. The number of piperidine rings is 1. The molecule has 1 atom stereocenters. The van der Waals surface area contributed by atoms with Gasteiger partial charge in [0.05, 0.1) is 4.90 Å². The third-order valence-corrected chi connectivity index (χ3v) is 5.58. The Morgan fingerprint density at radius 2 is 2.05 bits per heavy atom. The summed E-state index contributed by atoms with van der Waals surface area (Å²) in [5.74, 6) is 0. The Bertz CT molecular complexity index is 695. The molecular formula is C12H15N3O3S. The van der Waals surface area contributed by atoms with Gasteiger partial charge in [-0.15, -0.1) is 0 Å². The van der Waals surface area contributed by atoms with E-state index in [2.05, 4.69) is 14.9 Å². The largest absolute Gasteiger partial charge is 0.243 e. The van der Waals surface area contributed by atoms with Crippen LogP contribution in [0.4, 0.5) is 0 Å². The summed E-state index contributed by atoms with van der Waals surface area (Å²) >= 11 is 0. The van der Waals surface area contributed by atoms with Crippen LogP contribution in [0.25, 0.3) is 11.0 Å². The molecule has 1 unspecified atom stereocenters. The molecule has 2 aromatic rings. The number of hydrogen-bond donors (Lipinski definition) is 0. The van der Waals surface area contributed by atoms with Crippen LogP contribution in [0.5, 0.6) is 0 Å². The average Bonchev–Trinajstić information content (AvgIpc) is 2.86. The maximum absolute atomic E-state index is 12.6. The van der Waals surface area contributed by atoms with Crippen LogP contribution in [0.1, 0.15) is 26.2 Å². The van der Waals surface area contributed by atoms with Gasteiger partial charge in [0.25, 0.3) is 0 Å². The van der Waals surface area contributed by atoms with Gasteiger partial charge >= 0.3 is 0 Å². The van der Waals surface area contributed by atoms with Crippen molar-refractivity contribution in [2.24, 2.45) is 0 Å². The van der Waals surface area contributed by atoms with Crippen LogP contribution >= 0.6 is 0 Å².